The molecule has 0 bridgehead atoms. The van der Waals surface area contributed by atoms with Gasteiger partial charge in [0.05, 0.1) is 25.0 Å². The molecule has 1 atom stereocenters. The van der Waals surface area contributed by atoms with E-state index in [2.05, 4.69) is 15.6 Å². The van der Waals surface area contributed by atoms with Crippen LogP contribution in [0.4, 0.5) is 0 Å². The predicted molar refractivity (Wildman–Crippen MR) is 93.0 cm³/mol. The van der Waals surface area contributed by atoms with Crippen molar-refractivity contribution in [3.63, 3.8) is 0 Å². The van der Waals surface area contributed by atoms with E-state index in [4.69, 9.17) is 4.42 Å². The molecule has 25 heavy (non-hydrogen) atoms. The molecule has 0 aliphatic heterocycles. The van der Waals surface area contributed by atoms with Gasteiger partial charge in [0, 0.05) is 6.54 Å². The lowest BCUT2D eigenvalue weighted by atomic mass is 10.2. The number of carbonyl (C=O) groups is 1. The molecule has 3 rings (SSSR count). The van der Waals surface area contributed by atoms with Crippen LogP contribution in [-0.2, 0) is 6.54 Å². The molecule has 0 fully saturated rings. The van der Waals surface area contributed by atoms with Gasteiger partial charge in [-0.05, 0) is 31.8 Å². The summed E-state index contributed by atoms with van der Waals surface area (Å²) in [7, 11) is 3.88. The van der Waals surface area contributed by atoms with Gasteiger partial charge in [-0.3, -0.25) is 9.69 Å². The van der Waals surface area contributed by atoms with Crippen molar-refractivity contribution in [2.75, 3.05) is 20.6 Å². The van der Waals surface area contributed by atoms with Crippen LogP contribution >= 0.6 is 0 Å². The van der Waals surface area contributed by atoms with Gasteiger partial charge < -0.3 is 9.73 Å². The molecule has 0 saturated carbocycles. The number of nitrogens with one attached hydrogen (secondary N) is 1. The molecule has 2 aromatic heterocycles. The van der Waals surface area contributed by atoms with Gasteiger partial charge in [0.2, 0.25) is 0 Å². The fourth-order valence-electron chi connectivity index (χ4n) is 2.55. The SMILES string of the molecule is CN(C)C(CNC(=O)c1cn(Cc2ccccc2)nn1)c1ccco1. The highest BCUT2D eigenvalue weighted by Crippen LogP contribution is 2.17. The second kappa shape index (κ2) is 7.76. The third kappa shape index (κ3) is 4.33. The number of amides is 1. The molecule has 0 aliphatic rings. The third-order valence-electron chi connectivity index (χ3n) is 3.91. The Morgan fingerprint density at radius 3 is 2.72 bits per heavy atom. The van der Waals surface area contributed by atoms with E-state index < -0.39 is 0 Å². The monoisotopic (exact) mass is 339 g/mol. The Hall–Kier alpha value is -2.93. The zero-order valence-electron chi connectivity index (χ0n) is 14.3. The van der Waals surface area contributed by atoms with Crippen LogP contribution in [0.2, 0.25) is 0 Å². The first kappa shape index (κ1) is 16.9. The van der Waals surface area contributed by atoms with Crippen molar-refractivity contribution in [2.45, 2.75) is 12.6 Å². The van der Waals surface area contributed by atoms with Crippen LogP contribution in [0.5, 0.6) is 0 Å². The predicted octanol–water partition coefficient (Wildman–Crippen LogP) is 1.95. The molecule has 1 N–H and O–H groups in total. The second-order valence-corrected chi connectivity index (χ2v) is 5.99. The molecular formula is C18H21N5O2. The maximum absolute atomic E-state index is 12.3. The Bertz CT molecular complexity index is 796. The maximum Gasteiger partial charge on any atom is 0.273 e. The van der Waals surface area contributed by atoms with E-state index in [0.29, 0.717) is 18.8 Å². The van der Waals surface area contributed by atoms with Crippen LogP contribution in [0.3, 0.4) is 0 Å². The van der Waals surface area contributed by atoms with Crippen molar-refractivity contribution in [1.82, 2.24) is 25.2 Å². The van der Waals surface area contributed by atoms with E-state index >= 15 is 0 Å². The normalized spacial score (nSPS) is 12.3. The van der Waals surface area contributed by atoms with Crippen molar-refractivity contribution in [3.05, 3.63) is 71.9 Å². The second-order valence-electron chi connectivity index (χ2n) is 5.99. The average Bonchev–Trinajstić information content (AvgIpc) is 3.28. The molecule has 0 aliphatic carbocycles. The summed E-state index contributed by atoms with van der Waals surface area (Å²) in [6.07, 6.45) is 3.28. The highest BCUT2D eigenvalue weighted by molar-refractivity contribution is 5.91. The summed E-state index contributed by atoms with van der Waals surface area (Å²) in [4.78, 5) is 14.3. The zero-order chi connectivity index (χ0) is 17.6. The van der Waals surface area contributed by atoms with Gasteiger partial charge in [0.15, 0.2) is 5.69 Å². The number of nitrogens with zero attached hydrogens (tertiary/aromatic N) is 4. The molecular weight excluding hydrogens is 318 g/mol. The number of rotatable bonds is 7. The fourth-order valence-corrected chi connectivity index (χ4v) is 2.55. The van der Waals surface area contributed by atoms with Crippen LogP contribution < -0.4 is 5.32 Å². The lowest BCUT2D eigenvalue weighted by Crippen LogP contribution is -2.34. The number of likely N-dealkylation sites (N-methyl/N-ethyl adjacent to an activating group) is 1. The molecule has 2 heterocycles. The van der Waals surface area contributed by atoms with Gasteiger partial charge in [-0.2, -0.15) is 0 Å². The first-order valence-electron chi connectivity index (χ1n) is 8.05. The topological polar surface area (TPSA) is 76.2 Å². The first-order chi connectivity index (χ1) is 12.1. The Morgan fingerprint density at radius 1 is 1.24 bits per heavy atom. The van der Waals surface area contributed by atoms with Crippen molar-refractivity contribution in [2.24, 2.45) is 0 Å². The minimum atomic E-state index is -0.252. The Morgan fingerprint density at radius 2 is 2.04 bits per heavy atom. The maximum atomic E-state index is 12.3. The van der Waals surface area contributed by atoms with Gasteiger partial charge >= 0.3 is 0 Å². The molecule has 0 spiro atoms. The lowest BCUT2D eigenvalue weighted by molar-refractivity contribution is 0.0934. The molecule has 7 heteroatoms. The number of hydrogen-bond acceptors (Lipinski definition) is 5. The van der Waals surface area contributed by atoms with E-state index in [-0.39, 0.29) is 11.9 Å². The average molecular weight is 339 g/mol. The molecule has 130 valence electrons. The highest BCUT2D eigenvalue weighted by Gasteiger charge is 2.19. The van der Waals surface area contributed by atoms with E-state index in [0.717, 1.165) is 11.3 Å². The summed E-state index contributed by atoms with van der Waals surface area (Å²) in [5.41, 5.74) is 1.40. The number of benzene rings is 1. The molecule has 0 radical (unpaired) electrons. The smallest absolute Gasteiger partial charge is 0.273 e. The van der Waals surface area contributed by atoms with Crippen LogP contribution in [0.15, 0.2) is 59.3 Å². The minimum absolute atomic E-state index is 0.0432. The summed E-state index contributed by atoms with van der Waals surface area (Å²) >= 11 is 0. The Balaban J connectivity index is 1.60. The van der Waals surface area contributed by atoms with Crippen LogP contribution in [-0.4, -0.2) is 46.4 Å². The number of furan rings is 1. The number of carbonyl (C=O) groups excluding carboxylic acids is 1. The van der Waals surface area contributed by atoms with E-state index in [1.165, 1.54) is 0 Å². The molecule has 3 aromatic rings. The summed E-state index contributed by atoms with van der Waals surface area (Å²) in [6.45, 7) is 0.999. The highest BCUT2D eigenvalue weighted by atomic mass is 16.3. The van der Waals surface area contributed by atoms with Gasteiger partial charge in [0.1, 0.15) is 5.76 Å². The van der Waals surface area contributed by atoms with Crippen molar-refractivity contribution < 1.29 is 9.21 Å². The standard InChI is InChI=1S/C18H21N5O2/c1-22(2)16(17-9-6-10-25-17)11-19-18(24)15-13-23(21-20-15)12-14-7-4-3-5-8-14/h3-10,13,16H,11-12H2,1-2H3,(H,19,24). The fraction of sp³-hybridized carbons (Fsp3) is 0.278. The van der Waals surface area contributed by atoms with Crippen molar-refractivity contribution in [3.8, 4) is 0 Å². The molecule has 1 aromatic carbocycles. The quantitative estimate of drug-likeness (QED) is 0.712. The summed E-state index contributed by atoms with van der Waals surface area (Å²) in [6, 6.07) is 13.6. The summed E-state index contributed by atoms with van der Waals surface area (Å²) in [5, 5.41) is 10.9. The Labute approximate surface area is 146 Å². The minimum Gasteiger partial charge on any atom is -0.468 e. The van der Waals surface area contributed by atoms with Crippen LogP contribution in [0.1, 0.15) is 27.9 Å². The first-order valence-corrected chi connectivity index (χ1v) is 8.05. The van der Waals surface area contributed by atoms with Crippen LogP contribution in [0, 0.1) is 0 Å². The number of hydrogen-bond donors (Lipinski definition) is 1. The van der Waals surface area contributed by atoms with E-state index in [1.54, 1.807) is 17.1 Å². The van der Waals surface area contributed by atoms with Gasteiger partial charge in [-0.15, -0.1) is 5.10 Å². The molecule has 1 amide bonds. The van der Waals surface area contributed by atoms with Gasteiger partial charge in [-0.1, -0.05) is 35.5 Å². The summed E-state index contributed by atoms with van der Waals surface area (Å²) in [5.74, 6) is 0.552. The molecule has 7 nitrogen and oxygen atoms in total. The van der Waals surface area contributed by atoms with E-state index in [9.17, 15) is 4.79 Å². The van der Waals surface area contributed by atoms with Gasteiger partial charge in [0.25, 0.3) is 5.91 Å². The van der Waals surface area contributed by atoms with Crippen LogP contribution in [0.25, 0.3) is 0 Å². The molecule has 0 saturated heterocycles. The number of aromatic nitrogens is 3. The van der Waals surface area contributed by atoms with Crippen molar-refractivity contribution in [1.29, 1.82) is 0 Å². The van der Waals surface area contributed by atoms with E-state index in [1.807, 2.05) is 61.5 Å². The lowest BCUT2D eigenvalue weighted by Gasteiger charge is -2.22. The third-order valence-corrected chi connectivity index (χ3v) is 3.91. The van der Waals surface area contributed by atoms with Gasteiger partial charge in [-0.25, -0.2) is 4.68 Å². The zero-order valence-corrected chi connectivity index (χ0v) is 14.3. The van der Waals surface area contributed by atoms with Crippen molar-refractivity contribution >= 4 is 5.91 Å². The summed E-state index contributed by atoms with van der Waals surface area (Å²) < 4.78 is 7.09. The Kier molecular flexibility index (Phi) is 5.25. The molecule has 1 unspecified atom stereocenters. The largest absolute Gasteiger partial charge is 0.468 e.